The van der Waals surface area contributed by atoms with E-state index >= 15 is 0 Å². The molecule has 0 N–H and O–H groups in total. The van der Waals surface area contributed by atoms with E-state index in [2.05, 4.69) is 35.2 Å². The van der Waals surface area contributed by atoms with Crippen LogP contribution < -0.4 is 0 Å². The van der Waals surface area contributed by atoms with Crippen molar-refractivity contribution in [1.29, 1.82) is 0 Å². The molecule has 1 saturated heterocycles. The van der Waals surface area contributed by atoms with Crippen LogP contribution in [0.3, 0.4) is 0 Å². The van der Waals surface area contributed by atoms with Gasteiger partial charge in [-0.05, 0) is 50.9 Å². The van der Waals surface area contributed by atoms with Crippen molar-refractivity contribution in [2.45, 2.75) is 38.5 Å². The van der Waals surface area contributed by atoms with Gasteiger partial charge in [0.05, 0.1) is 0 Å². The van der Waals surface area contributed by atoms with Crippen LogP contribution in [0.2, 0.25) is 0 Å². The second kappa shape index (κ2) is 6.70. The van der Waals surface area contributed by atoms with Gasteiger partial charge in [0.25, 0.3) is 0 Å². The molecule has 0 aliphatic carbocycles. The van der Waals surface area contributed by atoms with Gasteiger partial charge in [0, 0.05) is 0 Å². The maximum Gasteiger partial charge on any atom is -0.00156 e. The minimum atomic E-state index is 1.23. The predicted octanol–water partition coefficient (Wildman–Crippen LogP) is 3.50. The Bertz CT molecular complexity index is 273. The lowest BCUT2D eigenvalue weighted by Gasteiger charge is -2.19. The van der Waals surface area contributed by atoms with Gasteiger partial charge >= 0.3 is 0 Å². The molecule has 1 aliphatic rings. The minimum absolute atomic E-state index is 1.23. The molecule has 0 aromatic heterocycles. The molecule has 1 heteroatoms. The lowest BCUT2D eigenvalue weighted by atomic mass is 10.1. The molecule has 0 spiro atoms. The number of rotatable bonds is 4. The van der Waals surface area contributed by atoms with E-state index in [0.29, 0.717) is 0 Å². The Hall–Kier alpha value is -0.820. The molecule has 0 bridgehead atoms. The first-order valence-electron chi connectivity index (χ1n) is 6.71. The molecule has 0 atom stereocenters. The third-order valence-electron chi connectivity index (χ3n) is 3.48. The van der Waals surface area contributed by atoms with Gasteiger partial charge in [-0.25, -0.2) is 0 Å². The third kappa shape index (κ3) is 3.97. The Balaban J connectivity index is 1.67. The first-order chi connectivity index (χ1) is 7.95. The highest BCUT2D eigenvalue weighted by Gasteiger charge is 2.07. The molecule has 2 rings (SSSR count). The molecule has 1 fully saturated rings. The summed E-state index contributed by atoms with van der Waals surface area (Å²) in [5, 5.41) is 0. The summed E-state index contributed by atoms with van der Waals surface area (Å²) in [5.74, 6) is 0. The Kier molecular flexibility index (Phi) is 4.88. The van der Waals surface area contributed by atoms with E-state index in [1.165, 1.54) is 63.7 Å². The van der Waals surface area contributed by atoms with Gasteiger partial charge in [-0.1, -0.05) is 43.2 Å². The molecule has 0 saturated carbocycles. The maximum absolute atomic E-state index is 2.65. The van der Waals surface area contributed by atoms with Crippen molar-refractivity contribution in [3.63, 3.8) is 0 Å². The number of nitrogens with zero attached hydrogens (tertiary/aromatic N) is 1. The normalized spacial score (nSPS) is 18.2. The van der Waals surface area contributed by atoms with Crippen LogP contribution in [0, 0.1) is 0 Å². The van der Waals surface area contributed by atoms with Crippen LogP contribution in [-0.4, -0.2) is 24.5 Å². The number of aryl methyl sites for hydroxylation is 1. The molecular formula is C15H23N. The highest BCUT2D eigenvalue weighted by Crippen LogP contribution is 2.11. The molecule has 1 aromatic rings. The summed E-state index contributed by atoms with van der Waals surface area (Å²) >= 11 is 0. The number of hydrogen-bond donors (Lipinski definition) is 0. The summed E-state index contributed by atoms with van der Waals surface area (Å²) < 4.78 is 0. The van der Waals surface area contributed by atoms with E-state index in [4.69, 9.17) is 0 Å². The lowest BCUT2D eigenvalue weighted by molar-refractivity contribution is 0.281. The van der Waals surface area contributed by atoms with Crippen molar-refractivity contribution in [2.24, 2.45) is 0 Å². The first-order valence-corrected chi connectivity index (χ1v) is 6.71. The highest BCUT2D eigenvalue weighted by molar-refractivity contribution is 5.14. The monoisotopic (exact) mass is 217 g/mol. The van der Waals surface area contributed by atoms with Crippen molar-refractivity contribution < 1.29 is 0 Å². The average Bonchev–Trinajstić information content (AvgIpc) is 2.59. The summed E-state index contributed by atoms with van der Waals surface area (Å²) in [6.07, 6.45) is 8.24. The molecule has 1 aromatic carbocycles. The molecule has 0 unspecified atom stereocenters. The van der Waals surface area contributed by atoms with Gasteiger partial charge in [0.2, 0.25) is 0 Å². The second-order valence-electron chi connectivity index (χ2n) is 4.85. The molecule has 1 nitrogen and oxygen atoms in total. The standard InChI is InChI=1S/C15H23N/c1-2-7-13-16(12-6-1)14-8-11-15-9-4-3-5-10-15/h3-5,9-10H,1-2,6-8,11-14H2. The number of benzene rings is 1. The average molecular weight is 217 g/mol. The van der Waals surface area contributed by atoms with Gasteiger partial charge in [-0.2, -0.15) is 0 Å². The predicted molar refractivity (Wildman–Crippen MR) is 69.7 cm³/mol. The molecule has 0 radical (unpaired) electrons. The van der Waals surface area contributed by atoms with Crippen molar-refractivity contribution in [1.82, 2.24) is 4.90 Å². The second-order valence-corrected chi connectivity index (χ2v) is 4.85. The quantitative estimate of drug-likeness (QED) is 0.746. The fourth-order valence-electron chi connectivity index (χ4n) is 2.51. The summed E-state index contributed by atoms with van der Waals surface area (Å²) in [6, 6.07) is 10.9. The summed E-state index contributed by atoms with van der Waals surface area (Å²) in [7, 11) is 0. The van der Waals surface area contributed by atoms with Gasteiger partial charge < -0.3 is 4.90 Å². The Morgan fingerprint density at radius 2 is 1.56 bits per heavy atom. The minimum Gasteiger partial charge on any atom is -0.303 e. The molecular weight excluding hydrogens is 194 g/mol. The highest BCUT2D eigenvalue weighted by atomic mass is 15.1. The van der Waals surface area contributed by atoms with Crippen molar-refractivity contribution >= 4 is 0 Å². The molecule has 1 aliphatic heterocycles. The fourth-order valence-corrected chi connectivity index (χ4v) is 2.51. The SMILES string of the molecule is c1ccc(CCCN2CCCCCC2)cc1. The topological polar surface area (TPSA) is 3.24 Å². The maximum atomic E-state index is 2.65. The van der Waals surface area contributed by atoms with E-state index in [0.717, 1.165) is 0 Å². The van der Waals surface area contributed by atoms with Crippen LogP contribution in [0.15, 0.2) is 30.3 Å². The molecule has 0 amide bonds. The Morgan fingerprint density at radius 3 is 2.25 bits per heavy atom. The van der Waals surface area contributed by atoms with Crippen LogP contribution in [0.5, 0.6) is 0 Å². The molecule has 88 valence electrons. The van der Waals surface area contributed by atoms with Crippen LogP contribution in [0.1, 0.15) is 37.7 Å². The number of likely N-dealkylation sites (tertiary alicyclic amines) is 1. The van der Waals surface area contributed by atoms with E-state index in [1.54, 1.807) is 0 Å². The lowest BCUT2D eigenvalue weighted by Crippen LogP contribution is -2.25. The smallest absolute Gasteiger partial charge is 0.00156 e. The van der Waals surface area contributed by atoms with Gasteiger partial charge in [-0.15, -0.1) is 0 Å². The van der Waals surface area contributed by atoms with Gasteiger partial charge in [0.1, 0.15) is 0 Å². The van der Waals surface area contributed by atoms with Gasteiger partial charge in [0.15, 0.2) is 0 Å². The van der Waals surface area contributed by atoms with E-state index in [9.17, 15) is 0 Å². The van der Waals surface area contributed by atoms with Crippen LogP contribution in [0.4, 0.5) is 0 Å². The van der Waals surface area contributed by atoms with Crippen molar-refractivity contribution in [3.05, 3.63) is 35.9 Å². The Labute approximate surface area is 99.5 Å². The summed E-state index contributed by atoms with van der Waals surface area (Å²) in [6.45, 7) is 3.94. The van der Waals surface area contributed by atoms with E-state index in [-0.39, 0.29) is 0 Å². The zero-order valence-corrected chi connectivity index (χ0v) is 10.2. The zero-order valence-electron chi connectivity index (χ0n) is 10.2. The summed E-state index contributed by atoms with van der Waals surface area (Å²) in [5.41, 5.74) is 1.48. The molecule has 1 heterocycles. The summed E-state index contributed by atoms with van der Waals surface area (Å²) in [4.78, 5) is 2.65. The van der Waals surface area contributed by atoms with Crippen molar-refractivity contribution in [2.75, 3.05) is 19.6 Å². The molecule has 16 heavy (non-hydrogen) atoms. The zero-order chi connectivity index (χ0) is 11.1. The van der Waals surface area contributed by atoms with Crippen LogP contribution in [0.25, 0.3) is 0 Å². The van der Waals surface area contributed by atoms with Crippen molar-refractivity contribution in [3.8, 4) is 0 Å². The number of hydrogen-bond acceptors (Lipinski definition) is 1. The fraction of sp³-hybridized carbons (Fsp3) is 0.600. The van der Waals surface area contributed by atoms with Crippen LogP contribution in [-0.2, 0) is 6.42 Å². The van der Waals surface area contributed by atoms with E-state index < -0.39 is 0 Å². The largest absolute Gasteiger partial charge is 0.303 e. The van der Waals surface area contributed by atoms with Gasteiger partial charge in [-0.3, -0.25) is 0 Å². The van der Waals surface area contributed by atoms with E-state index in [1.807, 2.05) is 0 Å². The first kappa shape index (κ1) is 11.7. The third-order valence-corrected chi connectivity index (χ3v) is 3.48. The Morgan fingerprint density at radius 1 is 0.875 bits per heavy atom. The van der Waals surface area contributed by atoms with Crippen LogP contribution >= 0.6 is 0 Å².